The second kappa shape index (κ2) is 5.17. The van der Waals surface area contributed by atoms with Crippen molar-refractivity contribution in [3.63, 3.8) is 0 Å². The van der Waals surface area contributed by atoms with Crippen LogP contribution in [0.4, 0.5) is 8.78 Å². The number of hydrogen-bond acceptors (Lipinski definition) is 2. The van der Waals surface area contributed by atoms with Crippen molar-refractivity contribution in [1.29, 1.82) is 0 Å². The Morgan fingerprint density at radius 2 is 1.95 bits per heavy atom. The van der Waals surface area contributed by atoms with Crippen LogP contribution in [0.25, 0.3) is 0 Å². The molecule has 0 radical (unpaired) electrons. The Kier molecular flexibility index (Phi) is 3.59. The number of carbonyl (C=O) groups excluding carboxylic acids is 1. The van der Waals surface area contributed by atoms with Crippen LogP contribution in [0.5, 0.6) is 0 Å². The summed E-state index contributed by atoms with van der Waals surface area (Å²) in [6, 6.07) is 2.41. The molecule has 0 saturated heterocycles. The summed E-state index contributed by atoms with van der Waals surface area (Å²) in [6.45, 7) is 1.77. The third kappa shape index (κ3) is 3.15. The van der Waals surface area contributed by atoms with Crippen LogP contribution in [0.1, 0.15) is 28.9 Å². The molecule has 1 heterocycles. The molecule has 1 aromatic heterocycles. The van der Waals surface area contributed by atoms with Gasteiger partial charge in [-0.05, 0) is 19.1 Å². The monoisotopic (exact) mass is 265 g/mol. The second-order valence-corrected chi connectivity index (χ2v) is 4.30. The number of amides is 1. The number of rotatable bonds is 3. The number of aryl methyl sites for hydroxylation is 1. The first-order chi connectivity index (χ1) is 8.95. The van der Waals surface area contributed by atoms with E-state index in [0.717, 1.165) is 23.8 Å². The van der Waals surface area contributed by atoms with Crippen molar-refractivity contribution < 1.29 is 13.6 Å². The predicted molar refractivity (Wildman–Crippen MR) is 65.4 cm³/mol. The van der Waals surface area contributed by atoms with Gasteiger partial charge >= 0.3 is 0 Å². The van der Waals surface area contributed by atoms with E-state index in [1.165, 1.54) is 0 Å². The van der Waals surface area contributed by atoms with Crippen molar-refractivity contribution in [2.24, 2.45) is 7.05 Å². The third-order valence-corrected chi connectivity index (χ3v) is 2.70. The zero-order valence-corrected chi connectivity index (χ0v) is 10.5. The van der Waals surface area contributed by atoms with E-state index in [2.05, 4.69) is 10.4 Å². The molecule has 19 heavy (non-hydrogen) atoms. The summed E-state index contributed by atoms with van der Waals surface area (Å²) < 4.78 is 27.6. The first-order valence-electron chi connectivity index (χ1n) is 5.71. The van der Waals surface area contributed by atoms with Gasteiger partial charge in [0.1, 0.15) is 11.6 Å². The Bertz CT molecular complexity index is 589. The number of benzene rings is 1. The molecule has 2 aromatic rings. The zero-order chi connectivity index (χ0) is 14.0. The Labute approximate surface area is 109 Å². The third-order valence-electron chi connectivity index (χ3n) is 2.70. The van der Waals surface area contributed by atoms with E-state index in [1.54, 1.807) is 31.0 Å². The molecule has 0 aliphatic carbocycles. The summed E-state index contributed by atoms with van der Waals surface area (Å²) in [7, 11) is 1.76. The average Bonchev–Trinajstić information content (AvgIpc) is 2.74. The highest BCUT2D eigenvalue weighted by Crippen LogP contribution is 2.13. The van der Waals surface area contributed by atoms with Gasteiger partial charge in [0.05, 0.1) is 12.2 Å². The number of halogens is 2. The Morgan fingerprint density at radius 3 is 2.47 bits per heavy atom. The average molecular weight is 265 g/mol. The lowest BCUT2D eigenvalue weighted by Crippen LogP contribution is -2.26. The van der Waals surface area contributed by atoms with Gasteiger partial charge in [-0.15, -0.1) is 0 Å². The summed E-state index contributed by atoms with van der Waals surface area (Å²) in [4.78, 5) is 11.9. The van der Waals surface area contributed by atoms with Gasteiger partial charge in [0.15, 0.2) is 0 Å². The molecule has 6 heteroatoms. The zero-order valence-electron chi connectivity index (χ0n) is 10.5. The topological polar surface area (TPSA) is 46.9 Å². The van der Waals surface area contributed by atoms with Gasteiger partial charge in [0.2, 0.25) is 0 Å². The van der Waals surface area contributed by atoms with Crippen molar-refractivity contribution in [3.8, 4) is 0 Å². The first kappa shape index (κ1) is 13.2. The van der Waals surface area contributed by atoms with Crippen LogP contribution in [-0.2, 0) is 7.05 Å². The molecule has 1 unspecified atom stereocenters. The number of aromatic nitrogens is 2. The predicted octanol–water partition coefficient (Wildman–Crippen LogP) is 2.19. The standard InChI is InChI=1S/C13H13F2N3O/c1-8(10-6-16-18(2)7-10)17-13(19)9-3-11(14)5-12(15)4-9/h3-8H,1-2H3,(H,17,19). The van der Waals surface area contributed by atoms with Crippen LogP contribution in [0.2, 0.25) is 0 Å². The molecule has 1 N–H and O–H groups in total. The molecular formula is C13H13F2N3O. The minimum atomic E-state index is -0.779. The van der Waals surface area contributed by atoms with Gasteiger partial charge < -0.3 is 5.32 Å². The van der Waals surface area contributed by atoms with E-state index in [1.807, 2.05) is 0 Å². The molecule has 2 rings (SSSR count). The molecule has 0 aliphatic heterocycles. The van der Waals surface area contributed by atoms with Crippen LogP contribution in [0, 0.1) is 11.6 Å². The SMILES string of the molecule is CC(NC(=O)c1cc(F)cc(F)c1)c1cnn(C)c1. The van der Waals surface area contributed by atoms with Gasteiger partial charge in [-0.2, -0.15) is 5.10 Å². The largest absolute Gasteiger partial charge is 0.345 e. The summed E-state index contributed by atoms with van der Waals surface area (Å²) in [6.07, 6.45) is 3.38. The Morgan fingerprint density at radius 1 is 1.32 bits per heavy atom. The van der Waals surface area contributed by atoms with Crippen molar-refractivity contribution >= 4 is 5.91 Å². The molecule has 1 amide bonds. The lowest BCUT2D eigenvalue weighted by Gasteiger charge is -2.12. The maximum Gasteiger partial charge on any atom is 0.251 e. The van der Waals surface area contributed by atoms with Gasteiger partial charge in [0, 0.05) is 30.4 Å². The highest BCUT2D eigenvalue weighted by Gasteiger charge is 2.14. The maximum atomic E-state index is 13.0. The highest BCUT2D eigenvalue weighted by molar-refractivity contribution is 5.94. The molecule has 0 fully saturated rings. The number of nitrogens with one attached hydrogen (secondary N) is 1. The molecule has 1 aromatic carbocycles. The van der Waals surface area contributed by atoms with Crippen LogP contribution in [0.15, 0.2) is 30.6 Å². The highest BCUT2D eigenvalue weighted by atomic mass is 19.1. The fourth-order valence-electron chi connectivity index (χ4n) is 1.71. The number of nitrogens with zero attached hydrogens (tertiary/aromatic N) is 2. The van der Waals surface area contributed by atoms with E-state index in [-0.39, 0.29) is 11.6 Å². The quantitative estimate of drug-likeness (QED) is 0.924. The van der Waals surface area contributed by atoms with Gasteiger partial charge in [-0.3, -0.25) is 9.48 Å². The number of carbonyl (C=O) groups is 1. The van der Waals surface area contributed by atoms with Crippen molar-refractivity contribution in [3.05, 3.63) is 53.4 Å². The van der Waals surface area contributed by atoms with Crippen molar-refractivity contribution in [1.82, 2.24) is 15.1 Å². The molecule has 0 bridgehead atoms. The molecule has 100 valence electrons. The van der Waals surface area contributed by atoms with E-state index < -0.39 is 17.5 Å². The van der Waals surface area contributed by atoms with Crippen LogP contribution >= 0.6 is 0 Å². The van der Waals surface area contributed by atoms with E-state index in [9.17, 15) is 13.6 Å². The van der Waals surface area contributed by atoms with Crippen LogP contribution < -0.4 is 5.32 Å². The van der Waals surface area contributed by atoms with Gasteiger partial charge in [-0.1, -0.05) is 0 Å². The Balaban J connectivity index is 2.12. The number of hydrogen-bond donors (Lipinski definition) is 1. The normalized spacial score (nSPS) is 12.2. The Hall–Kier alpha value is -2.24. The molecule has 0 spiro atoms. The summed E-state index contributed by atoms with van der Waals surface area (Å²) in [5, 5.41) is 6.65. The minimum absolute atomic E-state index is 0.0479. The van der Waals surface area contributed by atoms with Crippen molar-refractivity contribution in [2.45, 2.75) is 13.0 Å². The molecule has 4 nitrogen and oxygen atoms in total. The van der Waals surface area contributed by atoms with E-state index in [4.69, 9.17) is 0 Å². The summed E-state index contributed by atoms with van der Waals surface area (Å²) in [5.41, 5.74) is 0.765. The second-order valence-electron chi connectivity index (χ2n) is 4.30. The smallest absolute Gasteiger partial charge is 0.251 e. The molecular weight excluding hydrogens is 252 g/mol. The fourth-order valence-corrected chi connectivity index (χ4v) is 1.71. The van der Waals surface area contributed by atoms with Crippen molar-refractivity contribution in [2.75, 3.05) is 0 Å². The van der Waals surface area contributed by atoms with Gasteiger partial charge in [0.25, 0.3) is 5.91 Å². The molecule has 1 atom stereocenters. The summed E-state index contributed by atoms with van der Waals surface area (Å²) in [5.74, 6) is -2.09. The van der Waals surface area contributed by atoms with Gasteiger partial charge in [-0.25, -0.2) is 8.78 Å². The maximum absolute atomic E-state index is 13.0. The van der Waals surface area contributed by atoms with Crippen LogP contribution in [0.3, 0.4) is 0 Å². The molecule has 0 aliphatic rings. The lowest BCUT2D eigenvalue weighted by atomic mass is 10.1. The van der Waals surface area contributed by atoms with E-state index in [0.29, 0.717) is 0 Å². The first-order valence-corrected chi connectivity index (χ1v) is 5.71. The van der Waals surface area contributed by atoms with E-state index >= 15 is 0 Å². The fraction of sp³-hybridized carbons (Fsp3) is 0.231. The lowest BCUT2D eigenvalue weighted by molar-refractivity contribution is 0.0939. The molecule has 0 saturated carbocycles. The summed E-state index contributed by atoms with van der Waals surface area (Å²) >= 11 is 0. The minimum Gasteiger partial charge on any atom is -0.345 e. The van der Waals surface area contributed by atoms with Crippen LogP contribution in [-0.4, -0.2) is 15.7 Å².